The van der Waals surface area contributed by atoms with Crippen molar-refractivity contribution in [2.24, 2.45) is 11.3 Å². The third-order valence-corrected chi connectivity index (χ3v) is 4.54. The Bertz CT molecular complexity index is 425. The van der Waals surface area contributed by atoms with Crippen LogP contribution in [0.5, 0.6) is 0 Å². The molecule has 114 valence electrons. The van der Waals surface area contributed by atoms with Crippen LogP contribution < -0.4 is 5.32 Å². The lowest BCUT2D eigenvalue weighted by molar-refractivity contribution is 0.252. The molecule has 20 heavy (non-hydrogen) atoms. The zero-order valence-corrected chi connectivity index (χ0v) is 13.9. The predicted molar refractivity (Wildman–Crippen MR) is 86.2 cm³/mol. The lowest BCUT2D eigenvalue weighted by Crippen LogP contribution is -2.29. The SMILES string of the molecule is Cc1cn(C(C)C)c(NCC2(CC(C)C)CCCC2)n1. The van der Waals surface area contributed by atoms with Gasteiger partial charge in [0.25, 0.3) is 0 Å². The molecule has 1 aromatic rings. The Hall–Kier alpha value is -0.990. The predicted octanol–water partition coefficient (Wildman–Crippen LogP) is 4.79. The molecule has 0 spiro atoms. The van der Waals surface area contributed by atoms with Crippen molar-refractivity contribution in [2.45, 2.75) is 72.8 Å². The highest BCUT2D eigenvalue weighted by Crippen LogP contribution is 2.43. The van der Waals surface area contributed by atoms with E-state index in [1.54, 1.807) is 0 Å². The molecular weight excluding hydrogens is 246 g/mol. The van der Waals surface area contributed by atoms with Gasteiger partial charge in [-0.25, -0.2) is 4.98 Å². The molecule has 0 bridgehead atoms. The monoisotopic (exact) mass is 277 g/mol. The molecule has 0 unspecified atom stereocenters. The fourth-order valence-corrected chi connectivity index (χ4v) is 3.75. The largest absolute Gasteiger partial charge is 0.355 e. The van der Waals surface area contributed by atoms with Gasteiger partial charge < -0.3 is 9.88 Å². The molecule has 0 radical (unpaired) electrons. The number of rotatable bonds is 6. The summed E-state index contributed by atoms with van der Waals surface area (Å²) in [6, 6.07) is 0.461. The maximum Gasteiger partial charge on any atom is 0.203 e. The van der Waals surface area contributed by atoms with Crippen LogP contribution in [0, 0.1) is 18.3 Å². The van der Waals surface area contributed by atoms with E-state index in [1.807, 2.05) is 0 Å². The molecule has 0 atom stereocenters. The van der Waals surface area contributed by atoms with Gasteiger partial charge in [-0.05, 0) is 51.4 Å². The number of hydrogen-bond acceptors (Lipinski definition) is 2. The van der Waals surface area contributed by atoms with E-state index in [9.17, 15) is 0 Å². The molecule has 2 rings (SSSR count). The summed E-state index contributed by atoms with van der Waals surface area (Å²) in [7, 11) is 0. The van der Waals surface area contributed by atoms with Gasteiger partial charge in [-0.1, -0.05) is 26.7 Å². The minimum atomic E-state index is 0.461. The van der Waals surface area contributed by atoms with Crippen LogP contribution in [0.15, 0.2) is 6.20 Å². The van der Waals surface area contributed by atoms with Gasteiger partial charge >= 0.3 is 0 Å². The van der Waals surface area contributed by atoms with E-state index in [0.29, 0.717) is 11.5 Å². The molecule has 0 aromatic carbocycles. The molecule has 1 heterocycles. The standard InChI is InChI=1S/C17H31N3/c1-13(2)10-17(8-6-7-9-17)12-18-16-19-15(5)11-20(16)14(3)4/h11,13-14H,6-10,12H2,1-5H3,(H,18,19). The van der Waals surface area contributed by atoms with Crippen molar-refractivity contribution in [3.8, 4) is 0 Å². The summed E-state index contributed by atoms with van der Waals surface area (Å²) in [6.07, 6.45) is 9.02. The molecule has 0 amide bonds. The molecule has 3 heteroatoms. The summed E-state index contributed by atoms with van der Waals surface area (Å²) >= 11 is 0. The molecular formula is C17H31N3. The highest BCUT2D eigenvalue weighted by Gasteiger charge is 2.34. The average molecular weight is 277 g/mol. The summed E-state index contributed by atoms with van der Waals surface area (Å²) in [6.45, 7) is 12.3. The van der Waals surface area contributed by atoms with Crippen LogP contribution in [0.3, 0.4) is 0 Å². The third kappa shape index (κ3) is 3.56. The number of nitrogens with one attached hydrogen (secondary N) is 1. The molecule has 0 aliphatic heterocycles. The third-order valence-electron chi connectivity index (χ3n) is 4.54. The topological polar surface area (TPSA) is 29.9 Å². The fraction of sp³-hybridized carbons (Fsp3) is 0.824. The lowest BCUT2D eigenvalue weighted by Gasteiger charge is -2.31. The van der Waals surface area contributed by atoms with E-state index in [0.717, 1.165) is 24.1 Å². The van der Waals surface area contributed by atoms with Crippen molar-refractivity contribution in [1.82, 2.24) is 9.55 Å². The molecule has 1 aromatic heterocycles. The second-order valence-corrected chi connectivity index (χ2v) is 7.37. The van der Waals surface area contributed by atoms with Gasteiger partial charge in [0.2, 0.25) is 5.95 Å². The smallest absolute Gasteiger partial charge is 0.203 e. The van der Waals surface area contributed by atoms with Crippen LogP contribution in [0.25, 0.3) is 0 Å². The number of aryl methyl sites for hydroxylation is 1. The number of nitrogens with zero attached hydrogens (tertiary/aromatic N) is 2. The van der Waals surface area contributed by atoms with E-state index in [1.165, 1.54) is 32.1 Å². The van der Waals surface area contributed by atoms with E-state index < -0.39 is 0 Å². The molecule has 3 nitrogen and oxygen atoms in total. The highest BCUT2D eigenvalue weighted by atomic mass is 15.2. The minimum Gasteiger partial charge on any atom is -0.355 e. The zero-order chi connectivity index (χ0) is 14.8. The molecule has 0 saturated heterocycles. The quantitative estimate of drug-likeness (QED) is 0.810. The Morgan fingerprint density at radius 1 is 1.25 bits per heavy atom. The van der Waals surface area contributed by atoms with Crippen molar-refractivity contribution >= 4 is 5.95 Å². The van der Waals surface area contributed by atoms with Gasteiger partial charge in [0.15, 0.2) is 0 Å². The number of imidazole rings is 1. The molecule has 1 aliphatic carbocycles. The second-order valence-electron chi connectivity index (χ2n) is 7.37. The minimum absolute atomic E-state index is 0.461. The van der Waals surface area contributed by atoms with Crippen molar-refractivity contribution < 1.29 is 0 Å². The number of aromatic nitrogens is 2. The van der Waals surface area contributed by atoms with Gasteiger partial charge in [-0.15, -0.1) is 0 Å². The Balaban J connectivity index is 2.06. The van der Waals surface area contributed by atoms with Gasteiger partial charge in [0, 0.05) is 18.8 Å². The van der Waals surface area contributed by atoms with Gasteiger partial charge in [-0.2, -0.15) is 0 Å². The van der Waals surface area contributed by atoms with Crippen molar-refractivity contribution in [2.75, 3.05) is 11.9 Å². The molecule has 1 aliphatic rings. The van der Waals surface area contributed by atoms with Crippen LogP contribution in [0.4, 0.5) is 5.95 Å². The highest BCUT2D eigenvalue weighted by molar-refractivity contribution is 5.30. The number of anilines is 1. The summed E-state index contributed by atoms with van der Waals surface area (Å²) in [4.78, 5) is 4.65. The molecule has 1 saturated carbocycles. The van der Waals surface area contributed by atoms with Crippen molar-refractivity contribution in [3.63, 3.8) is 0 Å². The maximum absolute atomic E-state index is 4.65. The van der Waals surface area contributed by atoms with E-state index >= 15 is 0 Å². The van der Waals surface area contributed by atoms with Crippen molar-refractivity contribution in [1.29, 1.82) is 0 Å². The summed E-state index contributed by atoms with van der Waals surface area (Å²) in [5, 5.41) is 3.66. The van der Waals surface area contributed by atoms with E-state index in [-0.39, 0.29) is 0 Å². The van der Waals surface area contributed by atoms with E-state index in [2.05, 4.69) is 55.7 Å². The number of hydrogen-bond donors (Lipinski definition) is 1. The first-order valence-corrected chi connectivity index (χ1v) is 8.21. The Morgan fingerprint density at radius 2 is 1.90 bits per heavy atom. The lowest BCUT2D eigenvalue weighted by atomic mass is 9.78. The summed E-state index contributed by atoms with van der Waals surface area (Å²) in [5.41, 5.74) is 1.60. The van der Waals surface area contributed by atoms with Crippen LogP contribution in [-0.2, 0) is 0 Å². The fourth-order valence-electron chi connectivity index (χ4n) is 3.75. The Morgan fingerprint density at radius 3 is 2.45 bits per heavy atom. The molecule has 1 N–H and O–H groups in total. The van der Waals surface area contributed by atoms with Gasteiger partial charge in [0.05, 0.1) is 5.69 Å². The molecule has 1 fully saturated rings. The average Bonchev–Trinajstić information content (AvgIpc) is 2.93. The maximum atomic E-state index is 4.65. The van der Waals surface area contributed by atoms with Crippen LogP contribution in [0.2, 0.25) is 0 Å². The first kappa shape index (κ1) is 15.4. The van der Waals surface area contributed by atoms with E-state index in [4.69, 9.17) is 0 Å². The van der Waals surface area contributed by atoms with Crippen LogP contribution >= 0.6 is 0 Å². The second kappa shape index (κ2) is 6.19. The summed E-state index contributed by atoms with van der Waals surface area (Å²) < 4.78 is 2.26. The van der Waals surface area contributed by atoms with Crippen LogP contribution in [-0.4, -0.2) is 16.1 Å². The van der Waals surface area contributed by atoms with Crippen molar-refractivity contribution in [3.05, 3.63) is 11.9 Å². The van der Waals surface area contributed by atoms with Gasteiger partial charge in [0.1, 0.15) is 0 Å². The zero-order valence-electron chi connectivity index (χ0n) is 13.9. The first-order chi connectivity index (χ1) is 9.42. The van der Waals surface area contributed by atoms with Gasteiger partial charge in [-0.3, -0.25) is 0 Å². The summed E-state index contributed by atoms with van der Waals surface area (Å²) in [5.74, 6) is 1.83. The first-order valence-electron chi connectivity index (χ1n) is 8.21. The Labute approximate surface area is 124 Å². The van der Waals surface area contributed by atoms with Crippen LogP contribution in [0.1, 0.15) is 71.5 Å². The normalized spacial score (nSPS) is 18.1. The Kier molecular flexibility index (Phi) is 4.77.